The first-order valence-corrected chi connectivity index (χ1v) is 12.5. The highest BCUT2D eigenvalue weighted by Gasteiger charge is 2.37. The molecule has 0 aromatic heterocycles. The summed E-state index contributed by atoms with van der Waals surface area (Å²) in [4.78, 5) is 10.9. The number of carbonyl (C=O) groups is 1. The number of rotatable bonds is 10. The van der Waals surface area contributed by atoms with Crippen LogP contribution in [0.5, 0.6) is 0 Å². The van der Waals surface area contributed by atoms with Gasteiger partial charge in [-0.3, -0.25) is 4.79 Å². The minimum absolute atomic E-state index is 0.0220. The predicted octanol–water partition coefficient (Wildman–Crippen LogP) is 5.47. The van der Waals surface area contributed by atoms with Crippen LogP contribution in [0.2, 0.25) is 0 Å². The Kier molecular flexibility index (Phi) is 9.74. The summed E-state index contributed by atoms with van der Waals surface area (Å²) in [7, 11) is 0. The van der Waals surface area contributed by atoms with Crippen LogP contribution in [-0.4, -0.2) is 30.3 Å². The molecule has 2 aliphatic carbocycles. The normalized spacial score (nSPS) is 24.0. The summed E-state index contributed by atoms with van der Waals surface area (Å²) in [5.41, 5.74) is 7.65. The third-order valence-electron chi connectivity index (χ3n) is 7.25. The first-order valence-electron chi connectivity index (χ1n) is 12.5. The van der Waals surface area contributed by atoms with Crippen molar-refractivity contribution < 1.29 is 14.6 Å². The maximum absolute atomic E-state index is 10.9. The molecule has 0 saturated heterocycles. The number of hydrogen-bond acceptors (Lipinski definition) is 3. The monoisotopic (exact) mass is 461 g/mol. The van der Waals surface area contributed by atoms with Gasteiger partial charge in [-0.05, 0) is 56.1 Å². The lowest BCUT2D eigenvalue weighted by molar-refractivity contribution is -0.122. The quantitative estimate of drug-likeness (QED) is 0.210. The van der Waals surface area contributed by atoms with Gasteiger partial charge in [0.2, 0.25) is 5.91 Å². The van der Waals surface area contributed by atoms with Gasteiger partial charge in [-0.2, -0.15) is 0 Å². The lowest BCUT2D eigenvalue weighted by Crippen LogP contribution is -2.32. The molecule has 0 aliphatic heterocycles. The van der Waals surface area contributed by atoms with E-state index in [9.17, 15) is 9.90 Å². The second-order valence-corrected chi connectivity index (χ2v) is 10.0. The van der Waals surface area contributed by atoms with E-state index in [-0.39, 0.29) is 17.4 Å². The fourth-order valence-corrected chi connectivity index (χ4v) is 5.06. The highest BCUT2D eigenvalue weighted by molar-refractivity contribution is 5.74. The van der Waals surface area contributed by atoms with E-state index in [0.717, 1.165) is 44.1 Å². The molecule has 0 radical (unpaired) electrons. The Bertz CT molecular complexity index is 946. The van der Waals surface area contributed by atoms with E-state index < -0.39 is 12.0 Å². The lowest BCUT2D eigenvalue weighted by Gasteiger charge is -2.41. The molecule has 3 rings (SSSR count). The molecule has 4 heteroatoms. The second kappa shape index (κ2) is 12.7. The number of aliphatic hydroxyl groups is 1. The van der Waals surface area contributed by atoms with Crippen molar-refractivity contribution in [2.24, 2.45) is 16.6 Å². The zero-order valence-corrected chi connectivity index (χ0v) is 20.5. The standard InChI is InChI=1S/C30H39NO3/c1-29(17-7-5-14-26(29)16-22-34-24-28(31)33)18-8-6-15-27(32)23-30(20-10-21-30)19-9-13-25-11-3-2-4-12-25/h2-4,6,8,11-12,15-16,18,27,32H,5,7,10,14,17,19-24H2,1H3,(H2,31,33)/b15-6+,18-8+,26-16+/t27?,29-/m0/s1. The Labute approximate surface area is 205 Å². The average molecular weight is 462 g/mol. The summed E-state index contributed by atoms with van der Waals surface area (Å²) >= 11 is 0. The van der Waals surface area contributed by atoms with E-state index in [1.807, 2.05) is 42.5 Å². The molecule has 2 aliphatic rings. The molecular formula is C30H39NO3. The molecule has 1 unspecified atom stereocenters. The van der Waals surface area contributed by atoms with Gasteiger partial charge in [0, 0.05) is 17.4 Å². The Hall–Kier alpha value is -2.61. The first kappa shape index (κ1) is 26.0. The van der Waals surface area contributed by atoms with Gasteiger partial charge in [-0.15, -0.1) is 0 Å². The Morgan fingerprint density at radius 2 is 1.97 bits per heavy atom. The molecule has 0 spiro atoms. The summed E-state index contributed by atoms with van der Waals surface area (Å²) in [6.07, 6.45) is 19.4. The average Bonchev–Trinajstić information content (AvgIpc) is 2.79. The molecule has 3 N–H and O–H groups in total. The van der Waals surface area contributed by atoms with E-state index >= 15 is 0 Å². The summed E-state index contributed by atoms with van der Waals surface area (Å²) in [6, 6.07) is 10.1. The zero-order chi connectivity index (χ0) is 24.3. The van der Waals surface area contributed by atoms with Crippen molar-refractivity contribution in [1.82, 2.24) is 0 Å². The van der Waals surface area contributed by atoms with Gasteiger partial charge in [0.25, 0.3) is 0 Å². The smallest absolute Gasteiger partial charge is 0.243 e. The van der Waals surface area contributed by atoms with Crippen molar-refractivity contribution in [2.75, 3.05) is 13.2 Å². The van der Waals surface area contributed by atoms with E-state index in [4.69, 9.17) is 10.5 Å². The number of primary amides is 1. The van der Waals surface area contributed by atoms with Crippen molar-refractivity contribution in [1.29, 1.82) is 0 Å². The van der Waals surface area contributed by atoms with E-state index in [1.165, 1.54) is 24.8 Å². The van der Waals surface area contributed by atoms with Gasteiger partial charge in [0.15, 0.2) is 0 Å². The van der Waals surface area contributed by atoms with Crippen molar-refractivity contribution in [3.63, 3.8) is 0 Å². The third kappa shape index (κ3) is 8.01. The van der Waals surface area contributed by atoms with Crippen LogP contribution in [0.15, 0.2) is 66.3 Å². The highest BCUT2D eigenvalue weighted by Crippen LogP contribution is 2.47. The van der Waals surface area contributed by atoms with Gasteiger partial charge >= 0.3 is 0 Å². The molecule has 4 nitrogen and oxygen atoms in total. The van der Waals surface area contributed by atoms with Gasteiger partial charge in [-0.25, -0.2) is 0 Å². The molecule has 1 aromatic carbocycles. The van der Waals surface area contributed by atoms with Crippen LogP contribution in [0.4, 0.5) is 0 Å². The molecule has 0 bridgehead atoms. The number of amides is 1. The lowest BCUT2D eigenvalue weighted by atomic mass is 9.64. The van der Waals surface area contributed by atoms with Crippen molar-refractivity contribution in [3.8, 4) is 11.8 Å². The minimum Gasteiger partial charge on any atom is -0.389 e. The van der Waals surface area contributed by atoms with Crippen LogP contribution in [0.3, 0.4) is 0 Å². The number of aliphatic hydroxyl groups excluding tert-OH is 1. The van der Waals surface area contributed by atoms with E-state index in [2.05, 4.69) is 37.0 Å². The van der Waals surface area contributed by atoms with Crippen LogP contribution < -0.4 is 5.73 Å². The number of ether oxygens (including phenoxy) is 1. The Morgan fingerprint density at radius 1 is 1.18 bits per heavy atom. The number of hydrogen-bond donors (Lipinski definition) is 2. The summed E-state index contributed by atoms with van der Waals surface area (Å²) in [5.74, 6) is 6.18. The number of benzene rings is 1. The zero-order valence-electron chi connectivity index (χ0n) is 20.5. The van der Waals surface area contributed by atoms with Crippen LogP contribution in [0.1, 0.15) is 70.3 Å². The molecule has 34 heavy (non-hydrogen) atoms. The fraction of sp³-hybridized carbons (Fsp3) is 0.500. The number of carbonyl (C=O) groups excluding carboxylic acids is 1. The van der Waals surface area contributed by atoms with Gasteiger partial charge in [-0.1, -0.05) is 85.8 Å². The fourth-order valence-electron chi connectivity index (χ4n) is 5.06. The maximum atomic E-state index is 10.9. The predicted molar refractivity (Wildman–Crippen MR) is 138 cm³/mol. The van der Waals surface area contributed by atoms with E-state index in [0.29, 0.717) is 6.61 Å². The number of allylic oxidation sites excluding steroid dienone is 4. The van der Waals surface area contributed by atoms with Crippen LogP contribution in [0.25, 0.3) is 0 Å². The summed E-state index contributed by atoms with van der Waals surface area (Å²) in [5, 5.41) is 10.7. The van der Waals surface area contributed by atoms with Gasteiger partial charge in [0.05, 0.1) is 12.7 Å². The minimum atomic E-state index is -0.458. The molecule has 1 aromatic rings. The maximum Gasteiger partial charge on any atom is 0.243 e. The second-order valence-electron chi connectivity index (χ2n) is 10.0. The van der Waals surface area contributed by atoms with Gasteiger partial charge in [0.1, 0.15) is 6.61 Å². The molecular weight excluding hydrogens is 422 g/mol. The Morgan fingerprint density at radius 3 is 2.68 bits per heavy atom. The van der Waals surface area contributed by atoms with Gasteiger partial charge < -0.3 is 15.6 Å². The summed E-state index contributed by atoms with van der Waals surface area (Å²) < 4.78 is 5.33. The molecule has 2 atom stereocenters. The van der Waals surface area contributed by atoms with Crippen LogP contribution in [0, 0.1) is 22.7 Å². The SMILES string of the molecule is C[C@@]1(/C=C/C=C/C(O)CC2(CC#Cc3ccccc3)CCC2)CCCC/C1=C\COCC(N)=O. The largest absolute Gasteiger partial charge is 0.389 e. The van der Waals surface area contributed by atoms with Crippen LogP contribution in [-0.2, 0) is 9.53 Å². The van der Waals surface area contributed by atoms with Crippen molar-refractivity contribution in [3.05, 3.63) is 71.8 Å². The summed E-state index contributed by atoms with van der Waals surface area (Å²) in [6.45, 7) is 2.61. The molecule has 2 fully saturated rings. The number of nitrogens with two attached hydrogens (primary N) is 1. The van der Waals surface area contributed by atoms with Crippen LogP contribution >= 0.6 is 0 Å². The molecule has 1 amide bonds. The molecule has 182 valence electrons. The first-order chi connectivity index (χ1) is 16.4. The highest BCUT2D eigenvalue weighted by atomic mass is 16.5. The van der Waals surface area contributed by atoms with E-state index in [1.54, 1.807) is 0 Å². The van der Waals surface area contributed by atoms with Crippen molar-refractivity contribution in [2.45, 2.75) is 70.8 Å². The molecule has 0 heterocycles. The Balaban J connectivity index is 1.52. The molecule has 2 saturated carbocycles. The topological polar surface area (TPSA) is 72.6 Å². The third-order valence-corrected chi connectivity index (χ3v) is 7.25. The van der Waals surface area contributed by atoms with Crippen molar-refractivity contribution >= 4 is 5.91 Å².